The van der Waals surface area contributed by atoms with Crippen LogP contribution < -0.4 is 20.9 Å². The third-order valence-electron chi connectivity index (χ3n) is 12.9. The summed E-state index contributed by atoms with van der Waals surface area (Å²) in [7, 11) is -3.13. The van der Waals surface area contributed by atoms with Gasteiger partial charge in [-0.15, -0.1) is 0 Å². The number of hydrogen-bond donors (Lipinski definition) is 0. The first-order chi connectivity index (χ1) is 29.9. The predicted molar refractivity (Wildman–Crippen MR) is 260 cm³/mol. The van der Waals surface area contributed by atoms with Gasteiger partial charge in [0.2, 0.25) is 8.07 Å². The van der Waals surface area contributed by atoms with Crippen molar-refractivity contribution in [2.45, 2.75) is 39.5 Å². The average molecular weight is 803 g/mol. The van der Waals surface area contributed by atoms with E-state index in [0.717, 1.165) is 49.8 Å². The quantitative estimate of drug-likeness (QED) is 0.0871. The van der Waals surface area contributed by atoms with Crippen LogP contribution in [0.1, 0.15) is 50.7 Å². The number of benzene rings is 7. The van der Waals surface area contributed by atoms with E-state index in [-0.39, 0.29) is 0 Å². The fourth-order valence-corrected chi connectivity index (χ4v) is 14.7. The highest BCUT2D eigenvalue weighted by Gasteiger charge is 2.43. The Bertz CT molecular complexity index is 3350. The smallest absolute Gasteiger partial charge is 0.201 e. The molecule has 0 spiro atoms. The van der Waals surface area contributed by atoms with Gasteiger partial charge >= 0.3 is 0 Å². The normalized spacial score (nSPS) is 12.2. The van der Waals surface area contributed by atoms with Crippen LogP contribution in [0.25, 0.3) is 66.2 Å². The maximum Gasteiger partial charge on any atom is 0.201 e. The number of rotatable bonds is 8. The number of nitrogens with zero attached hydrogens (tertiary/aromatic N) is 4. The summed E-state index contributed by atoms with van der Waals surface area (Å²) in [5.41, 5.74) is 10.5. The second-order valence-electron chi connectivity index (χ2n) is 16.9. The van der Waals surface area contributed by atoms with Gasteiger partial charge in [0.15, 0.2) is 0 Å². The second kappa shape index (κ2) is 14.6. The summed E-state index contributed by atoms with van der Waals surface area (Å²) in [6.45, 7) is 9.20. The average Bonchev–Trinajstić information content (AvgIpc) is 3.90. The number of fused-ring (bicyclic) bond motifs is 9. The molecule has 0 bridgehead atoms. The molecule has 0 aliphatic rings. The lowest BCUT2D eigenvalue weighted by atomic mass is 9.87. The summed E-state index contributed by atoms with van der Waals surface area (Å²) in [4.78, 5) is 11.3. The summed E-state index contributed by atoms with van der Waals surface area (Å²) in [6.07, 6.45) is 2.12. The van der Waals surface area contributed by atoms with Gasteiger partial charge in [0.1, 0.15) is 11.3 Å². The third kappa shape index (κ3) is 5.64. The SMILES string of the molecule is CC(C)c1cccc(C(C)C)c1-c1cnc2c3cc([Si](c4ccccc4)(c4ccccc4)c4ccc5c6ccccc6n(-c6ccccc6)c5n4)ccc3c3ccccc3n12. The number of para-hydroxylation sites is 3. The zero-order chi connectivity index (χ0) is 41.2. The largest absolute Gasteiger partial charge is 0.294 e. The van der Waals surface area contributed by atoms with Gasteiger partial charge in [0.25, 0.3) is 0 Å². The molecule has 0 fully saturated rings. The van der Waals surface area contributed by atoms with E-state index in [2.05, 4.69) is 231 Å². The van der Waals surface area contributed by atoms with Gasteiger partial charge in [-0.05, 0) is 80.3 Å². The molecule has 61 heavy (non-hydrogen) atoms. The van der Waals surface area contributed by atoms with Gasteiger partial charge < -0.3 is 0 Å². The van der Waals surface area contributed by atoms with E-state index in [1.54, 1.807) is 0 Å². The monoisotopic (exact) mass is 802 g/mol. The number of pyridine rings is 2. The zero-order valence-electron chi connectivity index (χ0n) is 34.9. The minimum absolute atomic E-state index is 0.353. The fourth-order valence-electron chi connectivity index (χ4n) is 10.1. The molecule has 0 saturated heterocycles. The molecule has 0 N–H and O–H groups in total. The van der Waals surface area contributed by atoms with Crippen molar-refractivity contribution in [3.05, 3.63) is 205 Å². The Morgan fingerprint density at radius 2 is 1.00 bits per heavy atom. The van der Waals surface area contributed by atoms with Gasteiger partial charge in [0, 0.05) is 38.1 Å². The van der Waals surface area contributed by atoms with Crippen LogP contribution in [0.4, 0.5) is 0 Å². The highest BCUT2D eigenvalue weighted by atomic mass is 28.3. The molecule has 0 aliphatic carbocycles. The molecule has 7 aromatic carbocycles. The molecule has 0 unspecified atom stereocenters. The van der Waals surface area contributed by atoms with E-state index in [4.69, 9.17) is 9.97 Å². The number of hydrogen-bond acceptors (Lipinski definition) is 2. The summed E-state index contributed by atoms with van der Waals surface area (Å²) in [6, 6.07) is 69.2. The van der Waals surface area contributed by atoms with Gasteiger partial charge in [-0.25, -0.2) is 9.97 Å². The molecule has 0 aliphatic heterocycles. The molecule has 0 saturated carbocycles. The van der Waals surface area contributed by atoms with E-state index in [1.165, 1.54) is 48.4 Å². The van der Waals surface area contributed by atoms with Crippen molar-refractivity contribution in [1.82, 2.24) is 18.9 Å². The molecule has 5 heteroatoms. The van der Waals surface area contributed by atoms with Crippen molar-refractivity contribution >= 4 is 78.2 Å². The molecule has 4 heterocycles. The molecule has 11 aromatic rings. The van der Waals surface area contributed by atoms with Gasteiger partial charge in [0.05, 0.1) is 22.9 Å². The highest BCUT2D eigenvalue weighted by Crippen LogP contribution is 2.40. The molecule has 0 atom stereocenters. The van der Waals surface area contributed by atoms with Crippen LogP contribution in [0.3, 0.4) is 0 Å². The standard InChI is InChI=1S/C56H46N4Si/c1-37(2)43-27-18-28-44(38(3)4)54(43)52-36-57-55-49-35-42(31-32-45(49)46-25-14-17-30-51(46)60(52)55)61(40-21-10-6-11-22-40,41-23-12-7-13-24-41)53-34-33-48-47-26-15-16-29-50(47)59(56(48)58-53)39-19-8-5-9-20-39/h5-38H,1-4H3. The first kappa shape index (κ1) is 37.0. The Hall–Kier alpha value is -7.08. The van der Waals surface area contributed by atoms with Crippen LogP contribution in [0.5, 0.6) is 0 Å². The van der Waals surface area contributed by atoms with Crippen LogP contribution in [0.2, 0.25) is 0 Å². The van der Waals surface area contributed by atoms with Crippen LogP contribution in [0, 0.1) is 0 Å². The van der Waals surface area contributed by atoms with Gasteiger partial charge in [-0.3, -0.25) is 8.97 Å². The molecule has 11 rings (SSSR count). The van der Waals surface area contributed by atoms with Gasteiger partial charge in [-0.1, -0.05) is 179 Å². The predicted octanol–water partition coefficient (Wildman–Crippen LogP) is 11.4. The van der Waals surface area contributed by atoms with Crippen molar-refractivity contribution in [2.75, 3.05) is 0 Å². The first-order valence-electron chi connectivity index (χ1n) is 21.5. The summed E-state index contributed by atoms with van der Waals surface area (Å²) >= 11 is 0. The minimum Gasteiger partial charge on any atom is -0.294 e. The Kier molecular flexibility index (Phi) is 8.83. The van der Waals surface area contributed by atoms with E-state index in [0.29, 0.717) is 11.8 Å². The molecular formula is C56H46N4Si. The number of aromatic nitrogens is 4. The maximum absolute atomic E-state index is 5.88. The van der Waals surface area contributed by atoms with Crippen LogP contribution in [-0.4, -0.2) is 27.0 Å². The lowest BCUT2D eigenvalue weighted by Crippen LogP contribution is -2.75. The second-order valence-corrected chi connectivity index (χ2v) is 20.7. The molecule has 294 valence electrons. The Morgan fingerprint density at radius 1 is 0.443 bits per heavy atom. The molecule has 0 amide bonds. The first-order valence-corrected chi connectivity index (χ1v) is 23.5. The number of imidazole rings is 1. The van der Waals surface area contributed by atoms with E-state index < -0.39 is 8.07 Å². The van der Waals surface area contributed by atoms with Crippen molar-refractivity contribution in [3.8, 4) is 16.9 Å². The van der Waals surface area contributed by atoms with Crippen molar-refractivity contribution in [3.63, 3.8) is 0 Å². The molecule has 4 nitrogen and oxygen atoms in total. The summed E-state index contributed by atoms with van der Waals surface area (Å²) < 4.78 is 4.78. The maximum atomic E-state index is 5.88. The molecule has 0 radical (unpaired) electrons. The summed E-state index contributed by atoms with van der Waals surface area (Å²) in [5, 5.41) is 10.8. The molecular weight excluding hydrogens is 757 g/mol. The van der Waals surface area contributed by atoms with Crippen molar-refractivity contribution < 1.29 is 0 Å². The van der Waals surface area contributed by atoms with Gasteiger partial charge in [-0.2, -0.15) is 0 Å². The van der Waals surface area contributed by atoms with E-state index in [9.17, 15) is 0 Å². The Balaban J connectivity index is 1.27. The van der Waals surface area contributed by atoms with Crippen molar-refractivity contribution in [2.24, 2.45) is 0 Å². The van der Waals surface area contributed by atoms with Crippen molar-refractivity contribution in [1.29, 1.82) is 0 Å². The Morgan fingerprint density at radius 3 is 1.64 bits per heavy atom. The Labute approximate surface area is 357 Å². The highest BCUT2D eigenvalue weighted by molar-refractivity contribution is 7.19. The summed E-state index contributed by atoms with van der Waals surface area (Å²) in [5.74, 6) is 0.706. The lowest BCUT2D eigenvalue weighted by molar-refractivity contribution is 0.836. The van der Waals surface area contributed by atoms with Crippen LogP contribution in [0.15, 0.2) is 194 Å². The van der Waals surface area contributed by atoms with E-state index in [1.807, 2.05) is 0 Å². The van der Waals surface area contributed by atoms with Crippen LogP contribution >= 0.6 is 0 Å². The third-order valence-corrected chi connectivity index (χ3v) is 17.5. The minimum atomic E-state index is -3.13. The zero-order valence-corrected chi connectivity index (χ0v) is 35.9. The van der Waals surface area contributed by atoms with Crippen LogP contribution in [-0.2, 0) is 0 Å². The van der Waals surface area contributed by atoms with E-state index >= 15 is 0 Å². The fraction of sp³-hybridized carbons (Fsp3) is 0.107. The topological polar surface area (TPSA) is 35.1 Å². The lowest BCUT2D eigenvalue weighted by Gasteiger charge is -2.33. The molecule has 4 aromatic heterocycles.